The Morgan fingerprint density at radius 1 is 1.30 bits per heavy atom. The van der Waals surface area contributed by atoms with Crippen LogP contribution in [0.5, 0.6) is 0 Å². The van der Waals surface area contributed by atoms with E-state index in [2.05, 4.69) is 15.7 Å². The molecule has 7 nitrogen and oxygen atoms in total. The number of fused-ring (bicyclic) bond motifs is 1. The minimum atomic E-state index is -0.243. The first-order chi connectivity index (χ1) is 14.7. The summed E-state index contributed by atoms with van der Waals surface area (Å²) in [6.45, 7) is 3.37. The van der Waals surface area contributed by atoms with E-state index >= 15 is 0 Å². The van der Waals surface area contributed by atoms with Crippen LogP contribution < -0.4 is 10.6 Å². The van der Waals surface area contributed by atoms with E-state index in [1.54, 1.807) is 16.4 Å². The normalized spacial score (nSPS) is 18.8. The average Bonchev–Trinajstić information content (AvgIpc) is 3.48. The number of nitrogens with zero attached hydrogens (tertiary/aromatic N) is 2. The first-order valence-corrected chi connectivity index (χ1v) is 11.7. The van der Waals surface area contributed by atoms with E-state index in [0.717, 1.165) is 47.8 Å². The lowest BCUT2D eigenvalue weighted by Gasteiger charge is -2.17. The van der Waals surface area contributed by atoms with Crippen molar-refractivity contribution in [3.8, 4) is 0 Å². The highest BCUT2D eigenvalue weighted by Crippen LogP contribution is 2.35. The molecule has 4 rings (SSSR count). The fourth-order valence-corrected chi connectivity index (χ4v) is 5.04. The largest absolute Gasteiger partial charge is 0.376 e. The number of hydrogen-bond donors (Lipinski definition) is 2. The van der Waals surface area contributed by atoms with Gasteiger partial charge in [0.15, 0.2) is 0 Å². The maximum absolute atomic E-state index is 13.1. The predicted molar refractivity (Wildman–Crippen MR) is 117 cm³/mol. The summed E-state index contributed by atoms with van der Waals surface area (Å²) in [7, 11) is 0. The van der Waals surface area contributed by atoms with Gasteiger partial charge in [-0.25, -0.2) is 4.68 Å². The lowest BCUT2D eigenvalue weighted by Crippen LogP contribution is -2.35. The molecule has 2 aliphatic rings. The number of benzene rings is 1. The number of ether oxygens (including phenoxy) is 1. The lowest BCUT2D eigenvalue weighted by atomic mass is 9.95. The second-order valence-corrected chi connectivity index (χ2v) is 8.71. The summed E-state index contributed by atoms with van der Waals surface area (Å²) in [5.74, 6) is 1.83. The zero-order valence-electron chi connectivity index (χ0n) is 17.2. The molecule has 1 saturated heterocycles. The molecule has 2 amide bonds. The van der Waals surface area contributed by atoms with Crippen molar-refractivity contribution in [2.75, 3.05) is 18.5 Å². The first kappa shape index (κ1) is 20.9. The van der Waals surface area contributed by atoms with Crippen molar-refractivity contribution >= 4 is 29.4 Å². The number of thioether (sulfide) groups is 1. The van der Waals surface area contributed by atoms with Crippen LogP contribution in [0.25, 0.3) is 0 Å². The van der Waals surface area contributed by atoms with Gasteiger partial charge in [0.1, 0.15) is 12.4 Å². The Morgan fingerprint density at radius 2 is 2.13 bits per heavy atom. The number of amides is 2. The van der Waals surface area contributed by atoms with Crippen molar-refractivity contribution in [1.82, 2.24) is 15.1 Å². The van der Waals surface area contributed by atoms with Crippen molar-refractivity contribution in [3.63, 3.8) is 0 Å². The molecule has 2 atom stereocenters. The summed E-state index contributed by atoms with van der Waals surface area (Å²) < 4.78 is 7.21. The van der Waals surface area contributed by atoms with Crippen molar-refractivity contribution in [1.29, 1.82) is 0 Å². The third kappa shape index (κ3) is 4.70. The highest BCUT2D eigenvalue weighted by molar-refractivity contribution is 7.98. The van der Waals surface area contributed by atoms with E-state index < -0.39 is 0 Å². The highest BCUT2D eigenvalue weighted by Gasteiger charge is 2.27. The SMILES string of the molecule is CCC(C(=O)Nc1c2c(nn1CC(=O)NCC1CCCO1)CSC2)c1ccccc1. The van der Waals surface area contributed by atoms with Gasteiger partial charge in [-0.15, -0.1) is 0 Å². The van der Waals surface area contributed by atoms with E-state index in [-0.39, 0.29) is 30.4 Å². The Hall–Kier alpha value is -2.32. The zero-order valence-corrected chi connectivity index (χ0v) is 18.0. The molecule has 1 fully saturated rings. The van der Waals surface area contributed by atoms with Gasteiger partial charge in [0, 0.05) is 30.2 Å². The quantitative estimate of drug-likeness (QED) is 0.675. The summed E-state index contributed by atoms with van der Waals surface area (Å²) in [6.07, 6.45) is 2.82. The van der Waals surface area contributed by atoms with Gasteiger partial charge >= 0.3 is 0 Å². The minimum Gasteiger partial charge on any atom is -0.376 e. The number of carbonyl (C=O) groups excluding carboxylic acids is 2. The van der Waals surface area contributed by atoms with Gasteiger partial charge in [0.05, 0.1) is 17.7 Å². The summed E-state index contributed by atoms with van der Waals surface area (Å²) in [5.41, 5.74) is 2.97. The lowest BCUT2D eigenvalue weighted by molar-refractivity contribution is -0.122. The molecule has 1 aromatic heterocycles. The molecule has 3 heterocycles. The average molecular weight is 429 g/mol. The number of carbonyl (C=O) groups is 2. The molecule has 2 N–H and O–H groups in total. The van der Waals surface area contributed by atoms with Crippen LogP contribution in [0.1, 0.15) is 48.9 Å². The Bertz CT molecular complexity index is 893. The summed E-state index contributed by atoms with van der Waals surface area (Å²) >= 11 is 1.77. The standard InChI is InChI=1S/C22H28N4O3S/c1-2-17(15-7-4-3-5-8-15)22(28)24-21-18-13-30-14-19(18)25-26(21)12-20(27)23-11-16-9-6-10-29-16/h3-5,7-8,16-17H,2,6,9-14H2,1H3,(H,23,27)(H,24,28). The molecule has 0 saturated carbocycles. The Kier molecular flexibility index (Phi) is 6.74. The summed E-state index contributed by atoms with van der Waals surface area (Å²) in [5, 5.41) is 10.6. The van der Waals surface area contributed by atoms with Crippen LogP contribution in [-0.4, -0.2) is 40.9 Å². The smallest absolute Gasteiger partial charge is 0.241 e. The van der Waals surface area contributed by atoms with Crippen LogP contribution in [0, 0.1) is 0 Å². The van der Waals surface area contributed by atoms with Crippen LogP contribution in [-0.2, 0) is 32.4 Å². The van der Waals surface area contributed by atoms with Crippen molar-refractivity contribution in [2.24, 2.45) is 0 Å². The molecule has 2 aliphatic heterocycles. The van der Waals surface area contributed by atoms with Gasteiger partial charge in [-0.1, -0.05) is 37.3 Å². The molecule has 0 radical (unpaired) electrons. The topological polar surface area (TPSA) is 85.2 Å². The number of hydrogen-bond acceptors (Lipinski definition) is 5. The van der Waals surface area contributed by atoms with Gasteiger partial charge in [-0.05, 0) is 24.8 Å². The maximum atomic E-state index is 13.1. The summed E-state index contributed by atoms with van der Waals surface area (Å²) in [4.78, 5) is 25.6. The number of nitrogens with one attached hydrogen (secondary N) is 2. The molecule has 8 heteroatoms. The van der Waals surface area contributed by atoms with E-state index in [1.807, 2.05) is 37.3 Å². The first-order valence-electron chi connectivity index (χ1n) is 10.6. The minimum absolute atomic E-state index is 0.0655. The monoisotopic (exact) mass is 428 g/mol. The fraction of sp³-hybridized carbons (Fsp3) is 0.500. The molecule has 2 aromatic rings. The highest BCUT2D eigenvalue weighted by atomic mass is 32.2. The fourth-order valence-electron chi connectivity index (χ4n) is 4.01. The van der Waals surface area contributed by atoms with Crippen LogP contribution in [0.3, 0.4) is 0 Å². The molecule has 0 aliphatic carbocycles. The Morgan fingerprint density at radius 3 is 2.87 bits per heavy atom. The molecule has 30 heavy (non-hydrogen) atoms. The van der Waals surface area contributed by atoms with Gasteiger partial charge in [-0.2, -0.15) is 16.9 Å². The molecule has 0 spiro atoms. The van der Waals surface area contributed by atoms with E-state index in [1.165, 1.54) is 0 Å². The van der Waals surface area contributed by atoms with E-state index in [0.29, 0.717) is 18.8 Å². The molecule has 0 bridgehead atoms. The van der Waals surface area contributed by atoms with Crippen molar-refractivity contribution in [2.45, 2.75) is 56.3 Å². The predicted octanol–water partition coefficient (Wildman–Crippen LogP) is 3.06. The van der Waals surface area contributed by atoms with Gasteiger partial charge in [-0.3, -0.25) is 9.59 Å². The molecule has 2 unspecified atom stereocenters. The van der Waals surface area contributed by atoms with Crippen molar-refractivity contribution in [3.05, 3.63) is 47.2 Å². The summed E-state index contributed by atoms with van der Waals surface area (Å²) in [6, 6.07) is 9.79. The zero-order chi connectivity index (χ0) is 20.9. The van der Waals surface area contributed by atoms with Crippen LogP contribution >= 0.6 is 11.8 Å². The van der Waals surface area contributed by atoms with E-state index in [9.17, 15) is 9.59 Å². The van der Waals surface area contributed by atoms with Crippen LogP contribution in [0.2, 0.25) is 0 Å². The Labute approximate surface area is 180 Å². The number of anilines is 1. The number of rotatable bonds is 8. The molecule has 160 valence electrons. The Balaban J connectivity index is 1.47. The molecular weight excluding hydrogens is 400 g/mol. The maximum Gasteiger partial charge on any atom is 0.241 e. The molecule has 1 aromatic carbocycles. The van der Waals surface area contributed by atoms with Gasteiger partial charge in [0.25, 0.3) is 0 Å². The van der Waals surface area contributed by atoms with E-state index in [4.69, 9.17) is 4.74 Å². The second-order valence-electron chi connectivity index (χ2n) is 7.72. The third-order valence-corrected chi connectivity index (χ3v) is 6.60. The van der Waals surface area contributed by atoms with Gasteiger partial charge < -0.3 is 15.4 Å². The van der Waals surface area contributed by atoms with Crippen LogP contribution in [0.15, 0.2) is 30.3 Å². The third-order valence-electron chi connectivity index (χ3n) is 5.63. The van der Waals surface area contributed by atoms with Gasteiger partial charge in [0.2, 0.25) is 11.8 Å². The second kappa shape index (κ2) is 9.66. The van der Waals surface area contributed by atoms with Crippen LogP contribution in [0.4, 0.5) is 5.82 Å². The van der Waals surface area contributed by atoms with Crippen molar-refractivity contribution < 1.29 is 14.3 Å². The molecular formula is C22H28N4O3S. The number of aromatic nitrogens is 2.